The summed E-state index contributed by atoms with van der Waals surface area (Å²) in [5.41, 5.74) is -0.0411. The molecule has 0 bridgehead atoms. The van der Waals surface area contributed by atoms with E-state index >= 15 is 0 Å². The van der Waals surface area contributed by atoms with Gasteiger partial charge in [-0.15, -0.1) is 22.1 Å². The second-order valence-corrected chi connectivity index (χ2v) is 6.64. The molecule has 0 fully saturated rings. The van der Waals surface area contributed by atoms with Gasteiger partial charge in [-0.3, -0.25) is 4.68 Å². The maximum atomic E-state index is 4.14. The van der Waals surface area contributed by atoms with Gasteiger partial charge in [-0.05, 0) is 31.2 Å². The first-order valence-corrected chi connectivity index (χ1v) is 6.80. The highest BCUT2D eigenvalue weighted by molar-refractivity contribution is 8.93. The summed E-state index contributed by atoms with van der Waals surface area (Å²) in [5, 5.41) is 12.0. The Bertz CT molecular complexity index is 464. The lowest BCUT2D eigenvalue weighted by Crippen LogP contribution is -2.41. The molecular weight excluding hydrogens is 292 g/mol. The van der Waals surface area contributed by atoms with Gasteiger partial charge in [0.05, 0.1) is 5.54 Å². The summed E-state index contributed by atoms with van der Waals surface area (Å²) < 4.78 is 4.34. The normalized spacial score (nSPS) is 10.5. The molecule has 1 aromatic heterocycles. The second kappa shape index (κ2) is 5.93. The van der Waals surface area contributed by atoms with Crippen LogP contribution in [0.2, 0.25) is 0 Å². The van der Waals surface area contributed by atoms with E-state index in [-0.39, 0.29) is 22.5 Å². The van der Waals surface area contributed by atoms with Crippen LogP contribution >= 0.6 is 17.0 Å². The maximum Gasteiger partial charge on any atom is 0.513 e. The number of hydrogen-bond acceptors (Lipinski definition) is 3. The molecule has 0 saturated heterocycles. The molecule has 2 rings (SSSR count). The van der Waals surface area contributed by atoms with Crippen molar-refractivity contribution in [1.29, 1.82) is 0 Å². The van der Waals surface area contributed by atoms with Crippen molar-refractivity contribution in [1.82, 2.24) is 20.2 Å². The average Bonchev–Trinajstić information content (AvgIpc) is 2.67. The highest BCUT2D eigenvalue weighted by Crippen LogP contribution is 2.07. The van der Waals surface area contributed by atoms with E-state index in [1.54, 1.807) is 0 Å². The standard InChI is InChI=1S/C6H5.C5H9N4.BrH.Mg/c1-2-4-6-5-3-1;1-5(2,3)9-4-6-7-8-9;;/h1-5H;1-3H3;1H;. The van der Waals surface area contributed by atoms with Crippen molar-refractivity contribution in [2.45, 2.75) is 26.3 Å². The van der Waals surface area contributed by atoms with E-state index in [1.807, 2.05) is 10.7 Å². The summed E-state index contributed by atoms with van der Waals surface area (Å²) in [4.78, 5) is 0. The largest absolute Gasteiger partial charge is 0.513 e. The lowest BCUT2D eigenvalue weighted by molar-refractivity contribution is 0.355. The molecule has 88 valence electrons. The Hall–Kier alpha value is -0.464. The quantitative estimate of drug-likeness (QED) is 0.766. The van der Waals surface area contributed by atoms with Crippen molar-refractivity contribution in [3.8, 4) is 0 Å². The van der Waals surface area contributed by atoms with Gasteiger partial charge in [-0.25, -0.2) is 0 Å². The van der Waals surface area contributed by atoms with Crippen molar-refractivity contribution >= 4 is 45.0 Å². The van der Waals surface area contributed by atoms with Crippen LogP contribution in [0.15, 0.2) is 30.3 Å². The van der Waals surface area contributed by atoms with Crippen LogP contribution in [0.25, 0.3) is 0 Å². The summed E-state index contributed by atoms with van der Waals surface area (Å²) >= 11 is -0.574. The lowest BCUT2D eigenvalue weighted by atomic mass is 10.1. The minimum absolute atomic E-state index is 0. The Balaban J connectivity index is 0.00000144. The molecule has 0 atom stereocenters. The van der Waals surface area contributed by atoms with Crippen molar-refractivity contribution in [3.05, 3.63) is 30.3 Å². The summed E-state index contributed by atoms with van der Waals surface area (Å²) in [5.74, 6) is 0. The first kappa shape index (κ1) is 14.6. The van der Waals surface area contributed by atoms with Gasteiger partial charge in [-0.2, -0.15) is 3.69 Å². The van der Waals surface area contributed by atoms with Crippen LogP contribution in [0.5, 0.6) is 0 Å². The first-order chi connectivity index (χ1) is 7.57. The summed E-state index contributed by atoms with van der Waals surface area (Å²) in [7, 11) is 0. The molecule has 0 spiro atoms. The molecule has 4 nitrogen and oxygen atoms in total. The van der Waals surface area contributed by atoms with Crippen LogP contribution in [-0.4, -0.2) is 40.6 Å². The van der Waals surface area contributed by atoms with E-state index in [9.17, 15) is 0 Å². The molecule has 0 amide bonds. The minimum atomic E-state index is -0.574. The average molecular weight is 307 g/mol. The summed E-state index contributed by atoms with van der Waals surface area (Å²) in [6.45, 7) is 6.35. The van der Waals surface area contributed by atoms with Gasteiger partial charge in [-0.1, -0.05) is 30.3 Å². The van der Waals surface area contributed by atoms with Crippen molar-refractivity contribution in [2.75, 3.05) is 0 Å². The number of rotatable bonds is 2. The third-order valence-electron chi connectivity index (χ3n) is 2.37. The number of halogens is 1. The van der Waals surface area contributed by atoms with Crippen LogP contribution < -0.4 is 7.65 Å². The van der Waals surface area contributed by atoms with E-state index in [2.05, 4.69) is 60.6 Å². The molecule has 0 radical (unpaired) electrons. The molecule has 2 aromatic rings. The van der Waals surface area contributed by atoms with Gasteiger partial charge in [0.15, 0.2) is 0 Å². The predicted octanol–water partition coefficient (Wildman–Crippen LogP) is 0.661. The van der Waals surface area contributed by atoms with Crippen LogP contribution in [0, 0.1) is 0 Å². The van der Waals surface area contributed by atoms with Crippen LogP contribution in [0.3, 0.4) is 0 Å². The molecular formula is C11H15BrMgN4. The molecule has 0 N–H and O–H groups in total. The van der Waals surface area contributed by atoms with Gasteiger partial charge < -0.3 is 0 Å². The monoisotopic (exact) mass is 306 g/mol. The van der Waals surface area contributed by atoms with Crippen LogP contribution in [0.4, 0.5) is 0 Å². The Morgan fingerprint density at radius 1 is 1.12 bits per heavy atom. The van der Waals surface area contributed by atoms with Crippen molar-refractivity contribution in [2.24, 2.45) is 0 Å². The minimum Gasteiger partial charge on any atom is -0.255 e. The van der Waals surface area contributed by atoms with Gasteiger partial charge in [0, 0.05) is 3.95 Å². The van der Waals surface area contributed by atoms with E-state index in [0.717, 1.165) is 3.95 Å². The van der Waals surface area contributed by atoms with Crippen molar-refractivity contribution < 1.29 is 0 Å². The molecule has 0 unspecified atom stereocenters. The van der Waals surface area contributed by atoms with Gasteiger partial charge in [0.2, 0.25) is 0 Å². The Morgan fingerprint density at radius 3 is 2.35 bits per heavy atom. The van der Waals surface area contributed by atoms with Gasteiger partial charge in [0.1, 0.15) is 0 Å². The smallest absolute Gasteiger partial charge is 0.255 e. The Kier molecular flexibility index (Phi) is 5.09. The van der Waals surface area contributed by atoms with Gasteiger partial charge >= 0.3 is 20.4 Å². The predicted molar refractivity (Wildman–Crippen MR) is 74.6 cm³/mol. The van der Waals surface area contributed by atoms with E-state index in [1.165, 1.54) is 3.69 Å². The zero-order valence-electron chi connectivity index (χ0n) is 10.3. The summed E-state index contributed by atoms with van der Waals surface area (Å²) in [6.07, 6.45) is 0. The maximum absolute atomic E-state index is 4.14. The topological polar surface area (TPSA) is 43.6 Å². The number of aromatic nitrogens is 4. The SMILES string of the molecule is Br.CC(C)(C)n1nnn[c]1[Mg][c]1ccccc1. The second-order valence-electron chi connectivity index (χ2n) is 4.84. The zero-order valence-corrected chi connectivity index (χ0v) is 13.4. The van der Waals surface area contributed by atoms with Crippen molar-refractivity contribution in [3.63, 3.8) is 0 Å². The highest BCUT2D eigenvalue weighted by Gasteiger charge is 2.20. The highest BCUT2D eigenvalue weighted by atomic mass is 79.9. The molecule has 1 aromatic carbocycles. The van der Waals surface area contributed by atoms with Gasteiger partial charge in [0.25, 0.3) is 0 Å². The third kappa shape index (κ3) is 3.75. The van der Waals surface area contributed by atoms with E-state index in [0.29, 0.717) is 0 Å². The lowest BCUT2D eigenvalue weighted by Gasteiger charge is -2.20. The number of benzene rings is 1. The van der Waals surface area contributed by atoms with E-state index < -0.39 is 20.4 Å². The molecule has 0 aliphatic heterocycles. The Labute approximate surface area is 121 Å². The third-order valence-corrected chi connectivity index (χ3v) is 4.01. The van der Waals surface area contributed by atoms with Crippen LogP contribution in [0.1, 0.15) is 20.8 Å². The fraction of sp³-hybridized carbons (Fsp3) is 0.364. The number of tetrazole rings is 1. The fourth-order valence-electron chi connectivity index (χ4n) is 1.62. The Morgan fingerprint density at radius 2 is 1.76 bits per heavy atom. The number of hydrogen-bond donors (Lipinski definition) is 0. The zero-order chi connectivity index (χ0) is 11.6. The molecule has 0 aliphatic carbocycles. The molecule has 1 heterocycles. The summed E-state index contributed by atoms with van der Waals surface area (Å²) in [6, 6.07) is 10.5. The molecule has 0 saturated carbocycles. The fourth-order valence-corrected chi connectivity index (χ4v) is 3.31. The number of nitrogens with zero attached hydrogens (tertiary/aromatic N) is 4. The molecule has 6 heteroatoms. The van der Waals surface area contributed by atoms with Crippen LogP contribution in [-0.2, 0) is 5.54 Å². The first-order valence-electron chi connectivity index (χ1n) is 5.39. The molecule has 17 heavy (non-hydrogen) atoms. The van der Waals surface area contributed by atoms with E-state index in [4.69, 9.17) is 0 Å². The molecule has 0 aliphatic rings.